The summed E-state index contributed by atoms with van der Waals surface area (Å²) in [6.45, 7) is 0. The van der Waals surface area contributed by atoms with Crippen LogP contribution in [0.25, 0.3) is 0 Å². The molecule has 1 saturated carbocycles. The highest BCUT2D eigenvalue weighted by Crippen LogP contribution is 2.33. The summed E-state index contributed by atoms with van der Waals surface area (Å²) in [5.74, 6) is 0.318. The van der Waals surface area contributed by atoms with Gasteiger partial charge in [0.15, 0.2) is 0 Å². The minimum atomic E-state index is -0.292. The fourth-order valence-corrected chi connectivity index (χ4v) is 3.50. The zero-order chi connectivity index (χ0) is 11.8. The fourth-order valence-electron chi connectivity index (χ4n) is 2.34. The largest absolute Gasteiger partial charge is 0.335 e. The zero-order valence-electron chi connectivity index (χ0n) is 9.53. The summed E-state index contributed by atoms with van der Waals surface area (Å²) in [4.78, 5) is 14.1. The van der Waals surface area contributed by atoms with Crippen LogP contribution in [-0.4, -0.2) is 11.9 Å². The number of nitrogens with zero attached hydrogens (tertiary/aromatic N) is 1. The van der Waals surface area contributed by atoms with Crippen LogP contribution in [0.5, 0.6) is 0 Å². The van der Waals surface area contributed by atoms with Gasteiger partial charge in [-0.2, -0.15) is 5.26 Å². The van der Waals surface area contributed by atoms with Gasteiger partial charge in [0.25, 0.3) is 5.91 Å². The van der Waals surface area contributed by atoms with Gasteiger partial charge in [0.1, 0.15) is 6.04 Å². The van der Waals surface area contributed by atoms with Gasteiger partial charge in [-0.05, 0) is 49.7 Å². The van der Waals surface area contributed by atoms with Crippen LogP contribution in [0.15, 0.2) is 6.07 Å². The van der Waals surface area contributed by atoms with Crippen LogP contribution in [0.4, 0.5) is 0 Å². The molecule has 1 atom stereocenters. The third-order valence-corrected chi connectivity index (χ3v) is 4.73. The Morgan fingerprint density at radius 3 is 3.00 bits per heavy atom. The molecular weight excluding hydrogens is 232 g/mol. The number of amides is 1. The highest BCUT2D eigenvalue weighted by Gasteiger charge is 2.33. The van der Waals surface area contributed by atoms with Crippen LogP contribution in [0, 0.1) is 17.2 Å². The highest BCUT2D eigenvalue weighted by molar-refractivity contribution is 7.14. The second kappa shape index (κ2) is 4.15. The summed E-state index contributed by atoms with van der Waals surface area (Å²) in [5, 5.41) is 11.8. The van der Waals surface area contributed by atoms with Gasteiger partial charge in [-0.3, -0.25) is 4.79 Å². The Kier molecular flexibility index (Phi) is 2.64. The van der Waals surface area contributed by atoms with E-state index in [0.29, 0.717) is 5.92 Å². The summed E-state index contributed by atoms with van der Waals surface area (Å²) >= 11 is 1.59. The fraction of sp³-hybridized carbons (Fsp3) is 0.538. The van der Waals surface area contributed by atoms with Crippen LogP contribution in [-0.2, 0) is 12.8 Å². The summed E-state index contributed by atoms with van der Waals surface area (Å²) in [6, 6.07) is 3.90. The van der Waals surface area contributed by atoms with E-state index in [1.807, 2.05) is 6.07 Å². The van der Waals surface area contributed by atoms with Crippen LogP contribution < -0.4 is 5.32 Å². The number of nitriles is 1. The number of nitrogens with one attached hydrogen (secondary N) is 1. The topological polar surface area (TPSA) is 52.9 Å². The number of aryl methyl sites for hydroxylation is 2. The van der Waals surface area contributed by atoms with Gasteiger partial charge in [0.05, 0.1) is 10.9 Å². The molecule has 1 aromatic heterocycles. The lowest BCUT2D eigenvalue weighted by Gasteiger charge is -2.08. The van der Waals surface area contributed by atoms with Gasteiger partial charge in [-0.25, -0.2) is 0 Å². The molecular formula is C13H14N2OS. The summed E-state index contributed by atoms with van der Waals surface area (Å²) in [5.41, 5.74) is 1.33. The molecule has 1 fully saturated rings. The van der Waals surface area contributed by atoms with Gasteiger partial charge >= 0.3 is 0 Å². The minimum absolute atomic E-state index is 0.0668. The van der Waals surface area contributed by atoms with Gasteiger partial charge < -0.3 is 5.32 Å². The van der Waals surface area contributed by atoms with Crippen molar-refractivity contribution in [2.75, 3.05) is 0 Å². The molecule has 2 aliphatic carbocycles. The zero-order valence-corrected chi connectivity index (χ0v) is 10.3. The average molecular weight is 246 g/mol. The molecule has 88 valence electrons. The van der Waals surface area contributed by atoms with Crippen molar-refractivity contribution in [2.24, 2.45) is 5.92 Å². The van der Waals surface area contributed by atoms with E-state index in [0.717, 1.165) is 30.6 Å². The third-order valence-electron chi connectivity index (χ3n) is 3.49. The third kappa shape index (κ3) is 2.07. The lowest BCUT2D eigenvalue weighted by atomic mass is 10.2. The predicted octanol–water partition coefficient (Wildman–Crippen LogP) is 2.27. The number of fused-ring (bicyclic) bond motifs is 1. The molecule has 0 spiro atoms. The molecule has 0 radical (unpaired) electrons. The maximum absolute atomic E-state index is 12.0. The molecule has 0 aliphatic heterocycles. The Hall–Kier alpha value is -1.34. The smallest absolute Gasteiger partial charge is 0.262 e. The van der Waals surface area contributed by atoms with Gasteiger partial charge in [-0.15, -0.1) is 11.3 Å². The van der Waals surface area contributed by atoms with Crippen molar-refractivity contribution in [3.05, 3.63) is 21.4 Å². The summed E-state index contributed by atoms with van der Waals surface area (Å²) < 4.78 is 0. The summed E-state index contributed by atoms with van der Waals surface area (Å²) in [6.07, 6.45) is 5.56. The number of carbonyl (C=O) groups is 1. The van der Waals surface area contributed by atoms with Crippen molar-refractivity contribution in [2.45, 2.75) is 38.1 Å². The molecule has 17 heavy (non-hydrogen) atoms. The second-order valence-electron chi connectivity index (χ2n) is 4.83. The number of thiophene rings is 1. The van der Waals surface area contributed by atoms with Crippen molar-refractivity contribution < 1.29 is 4.79 Å². The molecule has 1 heterocycles. The first-order valence-electron chi connectivity index (χ1n) is 6.10. The Bertz CT molecular complexity index is 475. The molecule has 2 aliphatic rings. The molecule has 1 amide bonds. The van der Waals surface area contributed by atoms with Crippen molar-refractivity contribution in [3.8, 4) is 6.07 Å². The molecule has 1 aromatic rings. The first-order valence-corrected chi connectivity index (χ1v) is 6.91. The SMILES string of the molecule is N#CC(NC(=O)c1cc2c(s1)CCC2)C1CC1. The molecule has 0 aromatic carbocycles. The van der Waals surface area contributed by atoms with Gasteiger partial charge in [-0.1, -0.05) is 0 Å². The number of hydrogen-bond donors (Lipinski definition) is 1. The Morgan fingerprint density at radius 1 is 1.53 bits per heavy atom. The number of hydrogen-bond acceptors (Lipinski definition) is 3. The molecule has 1 N–H and O–H groups in total. The second-order valence-corrected chi connectivity index (χ2v) is 5.97. The monoisotopic (exact) mass is 246 g/mol. The van der Waals surface area contributed by atoms with E-state index in [4.69, 9.17) is 5.26 Å². The molecule has 0 bridgehead atoms. The van der Waals surface area contributed by atoms with Gasteiger partial charge in [0.2, 0.25) is 0 Å². The molecule has 3 rings (SSSR count). The van der Waals surface area contributed by atoms with Crippen LogP contribution in [0.1, 0.15) is 39.4 Å². The number of carbonyl (C=O) groups excluding carboxylic acids is 1. The van der Waals surface area contributed by atoms with Crippen LogP contribution >= 0.6 is 11.3 Å². The highest BCUT2D eigenvalue weighted by atomic mass is 32.1. The van der Waals surface area contributed by atoms with E-state index in [2.05, 4.69) is 11.4 Å². The number of rotatable bonds is 3. The molecule has 4 heteroatoms. The first-order chi connectivity index (χ1) is 8.28. The Balaban J connectivity index is 1.71. The Labute approximate surface area is 104 Å². The van der Waals surface area contributed by atoms with Crippen LogP contribution in [0.3, 0.4) is 0 Å². The van der Waals surface area contributed by atoms with E-state index < -0.39 is 0 Å². The Morgan fingerprint density at radius 2 is 2.35 bits per heavy atom. The predicted molar refractivity (Wildman–Crippen MR) is 65.9 cm³/mol. The lowest BCUT2D eigenvalue weighted by Crippen LogP contribution is -2.34. The minimum Gasteiger partial charge on any atom is -0.335 e. The van der Waals surface area contributed by atoms with E-state index in [-0.39, 0.29) is 11.9 Å². The maximum atomic E-state index is 12.0. The lowest BCUT2D eigenvalue weighted by molar-refractivity contribution is 0.0946. The summed E-state index contributed by atoms with van der Waals surface area (Å²) in [7, 11) is 0. The molecule has 1 unspecified atom stereocenters. The van der Waals surface area contributed by atoms with E-state index in [1.165, 1.54) is 16.9 Å². The van der Waals surface area contributed by atoms with E-state index in [9.17, 15) is 4.79 Å². The van der Waals surface area contributed by atoms with Gasteiger partial charge in [0, 0.05) is 4.88 Å². The molecule has 3 nitrogen and oxygen atoms in total. The van der Waals surface area contributed by atoms with Crippen molar-refractivity contribution in [3.63, 3.8) is 0 Å². The molecule has 0 saturated heterocycles. The van der Waals surface area contributed by atoms with E-state index >= 15 is 0 Å². The van der Waals surface area contributed by atoms with Crippen molar-refractivity contribution in [1.82, 2.24) is 5.32 Å². The van der Waals surface area contributed by atoms with Crippen molar-refractivity contribution in [1.29, 1.82) is 5.26 Å². The maximum Gasteiger partial charge on any atom is 0.262 e. The standard InChI is InChI=1S/C13H14N2OS/c14-7-10(8-4-5-8)15-13(16)12-6-9-2-1-3-11(9)17-12/h6,8,10H,1-5H2,(H,15,16). The first kappa shape index (κ1) is 10.8. The normalized spacial score (nSPS) is 19.5. The van der Waals surface area contributed by atoms with Crippen LogP contribution in [0.2, 0.25) is 0 Å². The van der Waals surface area contributed by atoms with E-state index in [1.54, 1.807) is 11.3 Å². The quantitative estimate of drug-likeness (QED) is 0.889. The average Bonchev–Trinajstić information content (AvgIpc) is 2.92. The van der Waals surface area contributed by atoms with Crippen molar-refractivity contribution >= 4 is 17.2 Å².